The summed E-state index contributed by atoms with van der Waals surface area (Å²) in [5, 5.41) is 16.5. The minimum atomic E-state index is -0.957. The number of rotatable bonds is 5. The summed E-state index contributed by atoms with van der Waals surface area (Å²) in [6.45, 7) is 1.83. The number of fused-ring (bicyclic) bond motifs is 1. The number of aromatic carboxylic acids is 1. The summed E-state index contributed by atoms with van der Waals surface area (Å²) in [6.07, 6.45) is 3.40. The number of carboxylic acids is 1. The van der Waals surface area contributed by atoms with E-state index in [1.165, 1.54) is 0 Å². The Kier molecular flexibility index (Phi) is 4.55. The van der Waals surface area contributed by atoms with Gasteiger partial charge in [0.05, 0.1) is 23.0 Å². The lowest BCUT2D eigenvalue weighted by Gasteiger charge is -2.11. The first kappa shape index (κ1) is 17.4. The van der Waals surface area contributed by atoms with Gasteiger partial charge in [0.15, 0.2) is 0 Å². The minimum absolute atomic E-state index is 0.239. The number of aryl methyl sites for hydroxylation is 1. The lowest BCUT2D eigenvalue weighted by Crippen LogP contribution is -2.03. The van der Waals surface area contributed by atoms with Crippen molar-refractivity contribution in [1.82, 2.24) is 15.0 Å². The van der Waals surface area contributed by atoms with Gasteiger partial charge in [-0.2, -0.15) is 4.98 Å². The maximum atomic E-state index is 11.1. The molecule has 2 aromatic carbocycles. The number of benzene rings is 2. The summed E-state index contributed by atoms with van der Waals surface area (Å²) < 4.78 is 0. The van der Waals surface area contributed by atoms with Crippen LogP contribution < -0.4 is 10.6 Å². The molecular formula is C21H17N5O2. The van der Waals surface area contributed by atoms with E-state index in [9.17, 15) is 4.79 Å². The van der Waals surface area contributed by atoms with E-state index in [1.807, 2.05) is 37.3 Å². The molecular weight excluding hydrogens is 354 g/mol. The number of hydrogen-bond donors (Lipinski definition) is 3. The molecule has 0 radical (unpaired) electrons. The molecule has 28 heavy (non-hydrogen) atoms. The van der Waals surface area contributed by atoms with Crippen LogP contribution in [0.2, 0.25) is 0 Å². The first-order chi connectivity index (χ1) is 13.6. The number of hydrogen-bond acceptors (Lipinski definition) is 6. The molecule has 7 nitrogen and oxygen atoms in total. The van der Waals surface area contributed by atoms with Crippen molar-refractivity contribution < 1.29 is 9.90 Å². The predicted molar refractivity (Wildman–Crippen MR) is 108 cm³/mol. The average molecular weight is 371 g/mol. The molecule has 0 bridgehead atoms. The van der Waals surface area contributed by atoms with Gasteiger partial charge in [0, 0.05) is 17.3 Å². The molecule has 0 atom stereocenters. The summed E-state index contributed by atoms with van der Waals surface area (Å²) in [4.78, 5) is 24.2. The molecule has 0 unspecified atom stereocenters. The van der Waals surface area contributed by atoms with E-state index in [4.69, 9.17) is 5.11 Å². The number of nitrogens with one attached hydrogen (secondary N) is 2. The smallest absolute Gasteiger partial charge is 0.335 e. The molecule has 7 heteroatoms. The van der Waals surface area contributed by atoms with Crippen LogP contribution in [0.3, 0.4) is 0 Å². The highest BCUT2D eigenvalue weighted by molar-refractivity contribution is 5.88. The summed E-state index contributed by atoms with van der Waals surface area (Å²) in [6, 6.07) is 16.5. The van der Waals surface area contributed by atoms with E-state index in [-0.39, 0.29) is 5.56 Å². The van der Waals surface area contributed by atoms with E-state index in [1.54, 1.807) is 36.7 Å². The molecule has 0 saturated carbocycles. The van der Waals surface area contributed by atoms with Gasteiger partial charge in [0.2, 0.25) is 5.95 Å². The largest absolute Gasteiger partial charge is 0.478 e. The van der Waals surface area contributed by atoms with Crippen molar-refractivity contribution in [2.75, 3.05) is 10.6 Å². The van der Waals surface area contributed by atoms with Crippen molar-refractivity contribution >= 4 is 40.0 Å². The highest BCUT2D eigenvalue weighted by Gasteiger charge is 2.08. The summed E-state index contributed by atoms with van der Waals surface area (Å²) >= 11 is 0. The van der Waals surface area contributed by atoms with E-state index in [0.29, 0.717) is 11.8 Å². The van der Waals surface area contributed by atoms with Crippen LogP contribution in [0.15, 0.2) is 67.0 Å². The summed E-state index contributed by atoms with van der Waals surface area (Å²) in [5.41, 5.74) is 3.53. The molecule has 3 N–H and O–H groups in total. The van der Waals surface area contributed by atoms with Gasteiger partial charge in [-0.25, -0.2) is 9.78 Å². The predicted octanol–water partition coefficient (Wildman–Crippen LogP) is 4.52. The van der Waals surface area contributed by atoms with Crippen molar-refractivity contribution in [3.8, 4) is 0 Å². The summed E-state index contributed by atoms with van der Waals surface area (Å²) in [5.74, 6) is 0.0698. The molecule has 0 amide bonds. The number of aromatic nitrogens is 3. The molecule has 138 valence electrons. The first-order valence-electron chi connectivity index (χ1n) is 8.64. The van der Waals surface area contributed by atoms with Gasteiger partial charge in [-0.1, -0.05) is 18.2 Å². The lowest BCUT2D eigenvalue weighted by atomic mass is 10.1. The Morgan fingerprint density at radius 1 is 1.00 bits per heavy atom. The zero-order chi connectivity index (χ0) is 19.5. The Morgan fingerprint density at radius 3 is 2.68 bits per heavy atom. The zero-order valence-electron chi connectivity index (χ0n) is 15.0. The Morgan fingerprint density at radius 2 is 1.86 bits per heavy atom. The maximum absolute atomic E-state index is 11.1. The molecule has 0 saturated heterocycles. The standard InChI is InChI=1S/C21H17N5O2/c1-13-10-15(20(27)28)6-7-17(13)25-21-22-9-8-19(26-21)24-16-11-14-4-2-3-5-18(14)23-12-16/h2-12H,1H3,(H,27,28)(H2,22,24,25,26). The number of anilines is 4. The van der Waals surface area contributed by atoms with Crippen LogP contribution in [0, 0.1) is 6.92 Å². The van der Waals surface area contributed by atoms with Gasteiger partial charge < -0.3 is 15.7 Å². The van der Waals surface area contributed by atoms with E-state index in [2.05, 4.69) is 25.6 Å². The Balaban J connectivity index is 1.55. The van der Waals surface area contributed by atoms with Gasteiger partial charge in [-0.3, -0.25) is 4.98 Å². The third kappa shape index (κ3) is 3.73. The topological polar surface area (TPSA) is 100 Å². The second-order valence-corrected chi connectivity index (χ2v) is 6.27. The van der Waals surface area contributed by atoms with Crippen molar-refractivity contribution in [3.63, 3.8) is 0 Å². The maximum Gasteiger partial charge on any atom is 0.335 e. The average Bonchev–Trinajstić information content (AvgIpc) is 2.69. The normalized spacial score (nSPS) is 10.6. The van der Waals surface area contributed by atoms with Crippen molar-refractivity contribution in [2.45, 2.75) is 6.92 Å². The van der Waals surface area contributed by atoms with E-state index in [0.717, 1.165) is 27.8 Å². The number of carboxylic acid groups (broad SMARTS) is 1. The number of carbonyl (C=O) groups is 1. The van der Waals surface area contributed by atoms with Gasteiger partial charge in [-0.15, -0.1) is 0 Å². The van der Waals surface area contributed by atoms with Crippen molar-refractivity contribution in [2.24, 2.45) is 0 Å². The Bertz CT molecular complexity index is 1180. The van der Waals surface area contributed by atoms with Crippen LogP contribution in [0.5, 0.6) is 0 Å². The van der Waals surface area contributed by atoms with Gasteiger partial charge in [0.1, 0.15) is 5.82 Å². The molecule has 2 aromatic heterocycles. The SMILES string of the molecule is Cc1cc(C(=O)O)ccc1Nc1nccc(Nc2cnc3ccccc3c2)n1. The Labute approximate surface area is 161 Å². The van der Waals surface area contributed by atoms with Crippen LogP contribution in [-0.4, -0.2) is 26.0 Å². The van der Waals surface area contributed by atoms with Crippen LogP contribution in [0.1, 0.15) is 15.9 Å². The van der Waals surface area contributed by atoms with Crippen LogP contribution in [0.4, 0.5) is 23.1 Å². The fraction of sp³-hybridized carbons (Fsp3) is 0.0476. The number of nitrogens with zero attached hydrogens (tertiary/aromatic N) is 3. The summed E-state index contributed by atoms with van der Waals surface area (Å²) in [7, 11) is 0. The second kappa shape index (κ2) is 7.32. The lowest BCUT2D eigenvalue weighted by molar-refractivity contribution is 0.0697. The van der Waals surface area contributed by atoms with E-state index < -0.39 is 5.97 Å². The van der Waals surface area contributed by atoms with Crippen LogP contribution in [-0.2, 0) is 0 Å². The zero-order valence-corrected chi connectivity index (χ0v) is 15.0. The molecule has 2 heterocycles. The quantitative estimate of drug-likeness (QED) is 0.474. The highest BCUT2D eigenvalue weighted by Crippen LogP contribution is 2.22. The van der Waals surface area contributed by atoms with Crippen LogP contribution in [0.25, 0.3) is 10.9 Å². The van der Waals surface area contributed by atoms with E-state index >= 15 is 0 Å². The molecule has 0 aliphatic rings. The number of para-hydroxylation sites is 1. The molecule has 0 fully saturated rings. The molecule has 0 aliphatic heterocycles. The van der Waals surface area contributed by atoms with Crippen molar-refractivity contribution in [3.05, 3.63) is 78.1 Å². The monoisotopic (exact) mass is 371 g/mol. The third-order valence-corrected chi connectivity index (χ3v) is 4.24. The molecule has 4 rings (SSSR count). The third-order valence-electron chi connectivity index (χ3n) is 4.24. The first-order valence-corrected chi connectivity index (χ1v) is 8.64. The van der Waals surface area contributed by atoms with Crippen molar-refractivity contribution in [1.29, 1.82) is 0 Å². The van der Waals surface area contributed by atoms with Gasteiger partial charge >= 0.3 is 5.97 Å². The van der Waals surface area contributed by atoms with Crippen LogP contribution >= 0.6 is 0 Å². The fourth-order valence-electron chi connectivity index (χ4n) is 2.83. The second-order valence-electron chi connectivity index (χ2n) is 6.27. The van der Waals surface area contributed by atoms with Gasteiger partial charge in [0.25, 0.3) is 0 Å². The molecule has 4 aromatic rings. The minimum Gasteiger partial charge on any atom is -0.478 e. The fourth-order valence-corrected chi connectivity index (χ4v) is 2.83. The number of pyridine rings is 1. The van der Waals surface area contributed by atoms with Gasteiger partial charge in [-0.05, 0) is 48.9 Å². The highest BCUT2D eigenvalue weighted by atomic mass is 16.4. The molecule has 0 aliphatic carbocycles. The molecule has 0 spiro atoms. The Hall–Kier alpha value is -4.00.